The molecule has 2 amide bonds. The third-order valence-corrected chi connectivity index (χ3v) is 9.61. The van der Waals surface area contributed by atoms with Crippen LogP contribution in [0.25, 0.3) is 11.1 Å². The number of aliphatic hydroxyl groups is 1. The second-order valence-corrected chi connectivity index (χ2v) is 12.9. The Kier molecular flexibility index (Phi) is 11.0. The smallest absolute Gasteiger partial charge is 0.315 e. The molecule has 0 bridgehead atoms. The van der Waals surface area contributed by atoms with Crippen LogP contribution in [0.5, 0.6) is 0 Å². The standard InChI is InChI=1S/C39H39N3O5S/c1-27-35(26-48-36-12-5-6-21-42(36)45)46-38(47-37(27)32-15-13-29(25-43)14-16-32)33-19-17-31(18-20-33)34-11-7-10-30(22-34)24-41-39(44)40-23-28-8-3-2-4-9-28/h2-22,27,35,37-38,43H,23-26H2,1H3,(H2,40,41,44). The highest BCUT2D eigenvalue weighted by atomic mass is 32.2. The lowest BCUT2D eigenvalue weighted by Crippen LogP contribution is -2.39. The molecule has 9 heteroatoms. The Morgan fingerprint density at radius 2 is 1.46 bits per heavy atom. The van der Waals surface area contributed by atoms with Crippen LogP contribution in [0.3, 0.4) is 0 Å². The van der Waals surface area contributed by atoms with Gasteiger partial charge in [0.1, 0.15) is 0 Å². The topological polar surface area (TPSA) is 107 Å². The largest absolute Gasteiger partial charge is 0.618 e. The first-order valence-corrected chi connectivity index (χ1v) is 17.0. The number of pyridine rings is 1. The van der Waals surface area contributed by atoms with E-state index in [1.165, 1.54) is 18.0 Å². The van der Waals surface area contributed by atoms with Gasteiger partial charge < -0.3 is 30.4 Å². The first kappa shape index (κ1) is 33.2. The Bertz CT molecular complexity index is 1790. The maximum Gasteiger partial charge on any atom is 0.315 e. The van der Waals surface area contributed by atoms with Crippen molar-refractivity contribution in [3.05, 3.63) is 161 Å². The lowest BCUT2D eigenvalue weighted by Gasteiger charge is -2.41. The molecule has 8 nitrogen and oxygen atoms in total. The molecule has 0 spiro atoms. The highest BCUT2D eigenvalue weighted by molar-refractivity contribution is 7.99. The third kappa shape index (κ3) is 8.42. The summed E-state index contributed by atoms with van der Waals surface area (Å²) in [7, 11) is 0. The van der Waals surface area contributed by atoms with Gasteiger partial charge in [-0.3, -0.25) is 0 Å². The number of nitrogens with one attached hydrogen (secondary N) is 2. The zero-order valence-electron chi connectivity index (χ0n) is 26.7. The van der Waals surface area contributed by atoms with Gasteiger partial charge in [0, 0.05) is 42.5 Å². The minimum Gasteiger partial charge on any atom is -0.618 e. The monoisotopic (exact) mass is 661 g/mol. The Morgan fingerprint density at radius 1 is 0.771 bits per heavy atom. The third-order valence-electron chi connectivity index (χ3n) is 8.50. The number of ether oxygens (including phenoxy) is 2. The Labute approximate surface area is 285 Å². The summed E-state index contributed by atoms with van der Waals surface area (Å²) in [6, 6.07) is 39.1. The molecule has 0 saturated carbocycles. The van der Waals surface area contributed by atoms with Gasteiger partial charge in [0.25, 0.3) is 5.03 Å². The van der Waals surface area contributed by atoms with E-state index in [4.69, 9.17) is 9.47 Å². The fraction of sp³-hybridized carbons (Fsp3) is 0.231. The van der Waals surface area contributed by atoms with Crippen molar-refractivity contribution in [2.24, 2.45) is 5.92 Å². The fourth-order valence-electron chi connectivity index (χ4n) is 5.72. The van der Waals surface area contributed by atoms with Gasteiger partial charge in [-0.15, -0.1) is 0 Å². The number of rotatable bonds is 11. The number of thioether (sulfide) groups is 1. The molecule has 1 aromatic heterocycles. The first-order chi connectivity index (χ1) is 23.5. The van der Waals surface area contributed by atoms with Crippen molar-refractivity contribution in [2.75, 3.05) is 5.75 Å². The number of hydrogen-bond acceptors (Lipinski definition) is 6. The van der Waals surface area contributed by atoms with Gasteiger partial charge in [-0.2, -0.15) is 4.73 Å². The van der Waals surface area contributed by atoms with Gasteiger partial charge >= 0.3 is 6.03 Å². The van der Waals surface area contributed by atoms with Crippen molar-refractivity contribution in [1.29, 1.82) is 0 Å². The molecule has 5 aromatic rings. The molecule has 1 aliphatic rings. The normalized spacial score (nSPS) is 19.0. The number of aromatic nitrogens is 1. The molecule has 4 unspecified atom stereocenters. The minimum absolute atomic E-state index is 0.00795. The molecule has 2 heterocycles. The fourth-order valence-corrected chi connectivity index (χ4v) is 6.80. The van der Waals surface area contributed by atoms with Crippen molar-refractivity contribution in [3.63, 3.8) is 0 Å². The van der Waals surface area contributed by atoms with E-state index >= 15 is 0 Å². The molecule has 4 atom stereocenters. The van der Waals surface area contributed by atoms with Gasteiger partial charge in [-0.1, -0.05) is 116 Å². The van der Waals surface area contributed by atoms with Crippen molar-refractivity contribution in [3.8, 4) is 11.1 Å². The lowest BCUT2D eigenvalue weighted by atomic mass is 9.91. The van der Waals surface area contributed by atoms with Crippen LogP contribution >= 0.6 is 11.8 Å². The molecule has 6 rings (SSSR count). The van der Waals surface area contributed by atoms with Crippen LogP contribution in [0, 0.1) is 11.1 Å². The molecular weight excluding hydrogens is 623 g/mol. The number of aliphatic hydroxyl groups excluding tert-OH is 1. The number of carbonyl (C=O) groups excluding carboxylic acids is 1. The van der Waals surface area contributed by atoms with E-state index in [2.05, 4.69) is 41.8 Å². The summed E-state index contributed by atoms with van der Waals surface area (Å²) >= 11 is 1.47. The zero-order valence-corrected chi connectivity index (χ0v) is 27.5. The highest BCUT2D eigenvalue weighted by Crippen LogP contribution is 2.43. The maximum absolute atomic E-state index is 12.4. The van der Waals surface area contributed by atoms with E-state index in [9.17, 15) is 15.1 Å². The molecule has 48 heavy (non-hydrogen) atoms. The average Bonchev–Trinajstić information content (AvgIpc) is 3.14. The number of nitrogens with zero attached hydrogens (tertiary/aromatic N) is 1. The summed E-state index contributed by atoms with van der Waals surface area (Å²) in [6.45, 7) is 2.97. The van der Waals surface area contributed by atoms with Crippen molar-refractivity contribution < 1.29 is 24.1 Å². The predicted molar refractivity (Wildman–Crippen MR) is 186 cm³/mol. The molecule has 3 N–H and O–H groups in total. The SMILES string of the molecule is CC1C(CSc2cccc[n+]2[O-])OC(c2ccc(-c3cccc(CNC(=O)NCc4ccccc4)c3)cc2)OC1c1ccc(CO)cc1. The Morgan fingerprint density at radius 3 is 2.19 bits per heavy atom. The first-order valence-electron chi connectivity index (χ1n) is 16.0. The number of hydrogen-bond donors (Lipinski definition) is 3. The summed E-state index contributed by atoms with van der Waals surface area (Å²) < 4.78 is 14.1. The summed E-state index contributed by atoms with van der Waals surface area (Å²) in [5.74, 6) is 0.593. The van der Waals surface area contributed by atoms with Crippen LogP contribution in [0.15, 0.2) is 133 Å². The maximum atomic E-state index is 12.4. The van der Waals surface area contributed by atoms with Crippen LogP contribution in [-0.2, 0) is 29.2 Å². The number of urea groups is 1. The molecular formula is C39H39N3O5S. The van der Waals surface area contributed by atoms with Gasteiger partial charge in [0.15, 0.2) is 12.5 Å². The van der Waals surface area contributed by atoms with Crippen molar-refractivity contribution >= 4 is 17.8 Å². The second kappa shape index (κ2) is 16.0. The van der Waals surface area contributed by atoms with Crippen LogP contribution < -0.4 is 15.4 Å². The van der Waals surface area contributed by atoms with Crippen molar-refractivity contribution in [2.45, 2.75) is 50.1 Å². The van der Waals surface area contributed by atoms with Crippen LogP contribution in [0.1, 0.15) is 47.1 Å². The van der Waals surface area contributed by atoms with Gasteiger partial charge in [-0.05, 0) is 45.5 Å². The number of amides is 2. The quantitative estimate of drug-likeness (QED) is 0.0795. The predicted octanol–water partition coefficient (Wildman–Crippen LogP) is 7.06. The van der Waals surface area contributed by atoms with Crippen molar-refractivity contribution in [1.82, 2.24) is 10.6 Å². The Hall–Kier alpha value is -4.67. The lowest BCUT2D eigenvalue weighted by molar-refractivity contribution is -0.645. The van der Waals surface area contributed by atoms with E-state index < -0.39 is 6.29 Å². The van der Waals surface area contributed by atoms with Gasteiger partial charge in [-0.25, -0.2) is 4.79 Å². The summed E-state index contributed by atoms with van der Waals surface area (Å²) in [4.78, 5) is 12.4. The molecule has 1 aliphatic heterocycles. The second-order valence-electron chi connectivity index (χ2n) is 11.8. The molecule has 0 radical (unpaired) electrons. The van der Waals surface area contributed by atoms with E-state index in [-0.39, 0.29) is 30.8 Å². The summed E-state index contributed by atoms with van der Waals surface area (Å²) in [5, 5.41) is 28.3. The molecule has 1 fully saturated rings. The van der Waals surface area contributed by atoms with Crippen LogP contribution in [0.2, 0.25) is 0 Å². The summed E-state index contributed by atoms with van der Waals surface area (Å²) in [6.07, 6.45) is 0.461. The van der Waals surface area contributed by atoms with E-state index in [1.54, 1.807) is 6.07 Å². The highest BCUT2D eigenvalue weighted by Gasteiger charge is 2.38. The van der Waals surface area contributed by atoms with Gasteiger partial charge in [0.2, 0.25) is 0 Å². The summed E-state index contributed by atoms with van der Waals surface area (Å²) in [5.41, 5.74) is 6.85. The number of benzene rings is 4. The van der Waals surface area contributed by atoms with Crippen LogP contribution in [0.4, 0.5) is 4.79 Å². The Balaban J connectivity index is 1.14. The van der Waals surface area contributed by atoms with E-state index in [0.29, 0.717) is 23.9 Å². The molecule has 4 aromatic carbocycles. The van der Waals surface area contributed by atoms with Crippen LogP contribution in [-0.4, -0.2) is 23.0 Å². The molecule has 0 aliphatic carbocycles. The molecule has 246 valence electrons. The molecule has 1 saturated heterocycles. The van der Waals surface area contributed by atoms with E-state index in [1.807, 2.05) is 91.0 Å². The minimum atomic E-state index is -0.608. The van der Waals surface area contributed by atoms with Gasteiger partial charge in [0.05, 0.1) is 18.8 Å². The average molecular weight is 662 g/mol. The number of carbonyl (C=O) groups is 1. The zero-order chi connectivity index (χ0) is 33.3. The van der Waals surface area contributed by atoms with E-state index in [0.717, 1.165) is 43.7 Å².